The Morgan fingerprint density at radius 1 is 0.970 bits per heavy atom. The van der Waals surface area contributed by atoms with Crippen LogP contribution in [0, 0.1) is 13.8 Å². The Morgan fingerprint density at radius 2 is 1.67 bits per heavy atom. The quantitative estimate of drug-likeness (QED) is 0.200. The normalized spacial score (nSPS) is 11.2. The number of halogens is 1. The molecule has 0 spiro atoms. The molecular formula is C25H19BrN4O2S. The van der Waals surface area contributed by atoms with Crippen molar-refractivity contribution in [2.45, 2.75) is 19.1 Å². The van der Waals surface area contributed by atoms with E-state index in [4.69, 9.17) is 9.40 Å². The molecule has 0 aliphatic heterocycles. The molecule has 164 valence electrons. The SMILES string of the molecule is Cc1cc2nc(-c3ccc(-c4nnc(SCC(=O)c5ccc(Br)cc5)o4)cc3)[nH]c2cc1C. The smallest absolute Gasteiger partial charge is 0.277 e. The first-order chi connectivity index (χ1) is 16.0. The molecule has 33 heavy (non-hydrogen) atoms. The minimum atomic E-state index is 0.00725. The molecule has 0 fully saturated rings. The van der Waals surface area contributed by atoms with Crippen molar-refractivity contribution in [1.82, 2.24) is 20.2 Å². The Morgan fingerprint density at radius 3 is 2.42 bits per heavy atom. The molecule has 5 aromatic rings. The minimum Gasteiger partial charge on any atom is -0.411 e. The number of benzene rings is 3. The maximum atomic E-state index is 12.3. The van der Waals surface area contributed by atoms with Gasteiger partial charge in [-0.25, -0.2) is 4.98 Å². The second-order valence-corrected chi connectivity index (χ2v) is 9.55. The Balaban J connectivity index is 1.28. The third-order valence-electron chi connectivity index (χ3n) is 5.40. The van der Waals surface area contributed by atoms with Crippen LogP contribution in [0.3, 0.4) is 0 Å². The molecule has 0 amide bonds. The number of rotatable bonds is 6. The van der Waals surface area contributed by atoms with E-state index >= 15 is 0 Å². The van der Waals surface area contributed by atoms with E-state index in [9.17, 15) is 4.79 Å². The predicted molar refractivity (Wildman–Crippen MR) is 133 cm³/mol. The maximum absolute atomic E-state index is 12.3. The maximum Gasteiger partial charge on any atom is 0.277 e. The van der Waals surface area contributed by atoms with Gasteiger partial charge in [0.2, 0.25) is 5.89 Å². The highest BCUT2D eigenvalue weighted by atomic mass is 79.9. The van der Waals surface area contributed by atoms with Gasteiger partial charge >= 0.3 is 0 Å². The van der Waals surface area contributed by atoms with Crippen molar-refractivity contribution in [1.29, 1.82) is 0 Å². The van der Waals surface area contributed by atoms with Crippen LogP contribution in [0.5, 0.6) is 0 Å². The average molecular weight is 519 g/mol. The summed E-state index contributed by atoms with van der Waals surface area (Å²) in [5.41, 5.74) is 6.86. The van der Waals surface area contributed by atoms with Crippen LogP contribution in [-0.2, 0) is 0 Å². The number of ketones is 1. The van der Waals surface area contributed by atoms with Crippen molar-refractivity contribution in [2.75, 3.05) is 5.75 Å². The highest BCUT2D eigenvalue weighted by Gasteiger charge is 2.13. The zero-order valence-electron chi connectivity index (χ0n) is 17.9. The zero-order chi connectivity index (χ0) is 22.9. The molecular weight excluding hydrogens is 500 g/mol. The molecule has 0 saturated carbocycles. The van der Waals surface area contributed by atoms with Crippen molar-refractivity contribution in [3.8, 4) is 22.8 Å². The lowest BCUT2D eigenvalue weighted by atomic mass is 10.1. The summed E-state index contributed by atoms with van der Waals surface area (Å²) >= 11 is 4.60. The van der Waals surface area contributed by atoms with E-state index in [1.54, 1.807) is 12.1 Å². The topological polar surface area (TPSA) is 84.7 Å². The number of aryl methyl sites for hydroxylation is 2. The van der Waals surface area contributed by atoms with E-state index in [0.717, 1.165) is 32.5 Å². The standard InChI is InChI=1S/C25H19BrN4O2S/c1-14-11-20-21(12-15(14)2)28-23(27-20)17-3-5-18(6-4-17)24-29-30-25(32-24)33-13-22(31)16-7-9-19(26)10-8-16/h3-12H,13H2,1-2H3,(H,27,28). The lowest BCUT2D eigenvalue weighted by Gasteiger charge is -1.99. The van der Waals surface area contributed by atoms with Gasteiger partial charge < -0.3 is 9.40 Å². The van der Waals surface area contributed by atoms with E-state index in [1.807, 2.05) is 36.4 Å². The van der Waals surface area contributed by atoms with Crippen molar-refractivity contribution in [3.05, 3.63) is 81.8 Å². The van der Waals surface area contributed by atoms with Gasteiger partial charge in [0.25, 0.3) is 5.22 Å². The van der Waals surface area contributed by atoms with Gasteiger partial charge in [0, 0.05) is 21.2 Å². The molecule has 5 rings (SSSR count). The van der Waals surface area contributed by atoms with Gasteiger partial charge in [0.05, 0.1) is 16.8 Å². The lowest BCUT2D eigenvalue weighted by Crippen LogP contribution is -2.01. The van der Waals surface area contributed by atoms with Gasteiger partial charge in [-0.3, -0.25) is 4.79 Å². The van der Waals surface area contributed by atoms with Crippen molar-refractivity contribution < 1.29 is 9.21 Å². The third kappa shape index (κ3) is 4.62. The van der Waals surface area contributed by atoms with E-state index in [-0.39, 0.29) is 11.5 Å². The van der Waals surface area contributed by atoms with E-state index in [0.29, 0.717) is 16.7 Å². The molecule has 2 aromatic heterocycles. The summed E-state index contributed by atoms with van der Waals surface area (Å²) in [5.74, 6) is 1.46. The lowest BCUT2D eigenvalue weighted by molar-refractivity contribution is 0.102. The van der Waals surface area contributed by atoms with Gasteiger partial charge in [-0.05, 0) is 61.4 Å². The number of Topliss-reactive ketones (excluding diaryl/α,β-unsaturated/α-hetero) is 1. The van der Waals surface area contributed by atoms with Crippen LogP contribution in [0.15, 0.2) is 74.8 Å². The second kappa shape index (κ2) is 8.96. The Labute approximate surface area is 203 Å². The van der Waals surface area contributed by atoms with Crippen molar-refractivity contribution in [2.24, 2.45) is 0 Å². The number of hydrogen-bond acceptors (Lipinski definition) is 6. The highest BCUT2D eigenvalue weighted by molar-refractivity contribution is 9.10. The second-order valence-electron chi connectivity index (χ2n) is 7.71. The van der Waals surface area contributed by atoms with Crippen LogP contribution < -0.4 is 0 Å². The van der Waals surface area contributed by atoms with Gasteiger partial charge in [-0.1, -0.05) is 52.0 Å². The fourth-order valence-corrected chi connectivity index (χ4v) is 4.33. The average Bonchev–Trinajstić information content (AvgIpc) is 3.45. The number of fused-ring (bicyclic) bond motifs is 1. The summed E-state index contributed by atoms with van der Waals surface area (Å²) in [6.07, 6.45) is 0. The summed E-state index contributed by atoms with van der Waals surface area (Å²) in [6, 6.07) is 19.3. The number of aromatic amines is 1. The van der Waals surface area contributed by atoms with E-state index < -0.39 is 0 Å². The van der Waals surface area contributed by atoms with Crippen LogP contribution in [0.25, 0.3) is 33.9 Å². The molecule has 8 heteroatoms. The summed E-state index contributed by atoms with van der Waals surface area (Å²) in [7, 11) is 0. The molecule has 6 nitrogen and oxygen atoms in total. The molecule has 0 aliphatic rings. The summed E-state index contributed by atoms with van der Waals surface area (Å²) in [4.78, 5) is 20.4. The van der Waals surface area contributed by atoms with Crippen LogP contribution in [0.1, 0.15) is 21.5 Å². The minimum absolute atomic E-state index is 0.00725. The van der Waals surface area contributed by atoms with Gasteiger partial charge in [-0.2, -0.15) is 0 Å². The monoisotopic (exact) mass is 518 g/mol. The first-order valence-corrected chi connectivity index (χ1v) is 12.1. The Hall–Kier alpha value is -3.23. The Bertz CT molecular complexity index is 1420. The number of nitrogens with one attached hydrogen (secondary N) is 1. The predicted octanol–water partition coefficient (Wildman–Crippen LogP) is 6.63. The number of carbonyl (C=O) groups is 1. The molecule has 3 aromatic carbocycles. The van der Waals surface area contributed by atoms with Crippen LogP contribution in [-0.4, -0.2) is 31.7 Å². The largest absolute Gasteiger partial charge is 0.411 e. The fraction of sp³-hybridized carbons (Fsp3) is 0.120. The number of thioether (sulfide) groups is 1. The fourth-order valence-electron chi connectivity index (χ4n) is 3.41. The molecule has 0 radical (unpaired) electrons. The van der Waals surface area contributed by atoms with E-state index in [2.05, 4.69) is 57.1 Å². The summed E-state index contributed by atoms with van der Waals surface area (Å²) in [5, 5.41) is 8.56. The number of nitrogens with zero attached hydrogens (tertiary/aromatic N) is 3. The van der Waals surface area contributed by atoms with Crippen LogP contribution >= 0.6 is 27.7 Å². The van der Waals surface area contributed by atoms with Gasteiger partial charge in [0.1, 0.15) is 5.82 Å². The molecule has 0 unspecified atom stereocenters. The summed E-state index contributed by atoms with van der Waals surface area (Å²) < 4.78 is 6.69. The number of carbonyl (C=O) groups excluding carboxylic acids is 1. The number of hydrogen-bond donors (Lipinski definition) is 1. The molecule has 0 atom stereocenters. The van der Waals surface area contributed by atoms with Crippen LogP contribution in [0.2, 0.25) is 0 Å². The highest BCUT2D eigenvalue weighted by Crippen LogP contribution is 2.27. The molecule has 1 N–H and O–H groups in total. The molecule has 0 bridgehead atoms. The number of H-pyrrole nitrogens is 1. The molecule has 0 saturated heterocycles. The third-order valence-corrected chi connectivity index (χ3v) is 6.75. The zero-order valence-corrected chi connectivity index (χ0v) is 20.3. The van der Waals surface area contributed by atoms with Gasteiger partial charge in [-0.15, -0.1) is 10.2 Å². The van der Waals surface area contributed by atoms with E-state index in [1.165, 1.54) is 22.9 Å². The number of imidazole rings is 1. The Kier molecular flexibility index (Phi) is 5.86. The van der Waals surface area contributed by atoms with Crippen molar-refractivity contribution >= 4 is 44.5 Å². The number of aromatic nitrogens is 4. The molecule has 0 aliphatic carbocycles. The van der Waals surface area contributed by atoms with Crippen molar-refractivity contribution in [3.63, 3.8) is 0 Å². The molecule has 2 heterocycles. The first kappa shape index (κ1) is 21.6. The van der Waals surface area contributed by atoms with Gasteiger partial charge in [0.15, 0.2) is 5.78 Å². The van der Waals surface area contributed by atoms with Crippen LogP contribution in [0.4, 0.5) is 0 Å². The summed E-state index contributed by atoms with van der Waals surface area (Å²) in [6.45, 7) is 4.18. The first-order valence-electron chi connectivity index (χ1n) is 10.3.